The van der Waals surface area contributed by atoms with Crippen LogP contribution >= 0.6 is 0 Å². The number of likely N-dealkylation sites (N-methyl/N-ethyl adjacent to an activating group) is 1. The fourth-order valence-corrected chi connectivity index (χ4v) is 2.00. The molecule has 17 heavy (non-hydrogen) atoms. The van der Waals surface area contributed by atoms with Crippen LogP contribution in [0.25, 0.3) is 0 Å². The number of hydrogen-bond acceptors (Lipinski definition) is 3. The number of hydrogen-bond donors (Lipinski definition) is 1. The molecule has 1 saturated heterocycles. The predicted octanol–water partition coefficient (Wildman–Crippen LogP) is 1.02. The largest absolute Gasteiger partial charge is 0.497 e. The lowest BCUT2D eigenvalue weighted by Gasteiger charge is -2.12. The third-order valence-corrected chi connectivity index (χ3v) is 3.14. The molecule has 2 rings (SSSR count). The van der Waals surface area contributed by atoms with E-state index in [-0.39, 0.29) is 11.9 Å². The van der Waals surface area contributed by atoms with E-state index < -0.39 is 0 Å². The highest BCUT2D eigenvalue weighted by molar-refractivity contribution is 5.83. The Labute approximate surface area is 102 Å². The minimum Gasteiger partial charge on any atom is -0.497 e. The molecule has 0 saturated carbocycles. The third kappa shape index (κ3) is 2.77. The molecule has 1 aliphatic rings. The van der Waals surface area contributed by atoms with E-state index in [4.69, 9.17) is 4.74 Å². The number of ether oxygens (including phenoxy) is 1. The molecule has 0 aliphatic carbocycles. The van der Waals surface area contributed by atoms with E-state index in [0.717, 1.165) is 24.3 Å². The van der Waals surface area contributed by atoms with Gasteiger partial charge in [-0.2, -0.15) is 0 Å². The van der Waals surface area contributed by atoms with Crippen molar-refractivity contribution in [2.24, 2.45) is 0 Å². The van der Waals surface area contributed by atoms with Crippen LogP contribution in [0.1, 0.15) is 12.0 Å². The topological polar surface area (TPSA) is 41.6 Å². The van der Waals surface area contributed by atoms with Gasteiger partial charge >= 0.3 is 0 Å². The fraction of sp³-hybridized carbons (Fsp3) is 0.462. The minimum atomic E-state index is -0.0258. The zero-order chi connectivity index (χ0) is 12.3. The predicted molar refractivity (Wildman–Crippen MR) is 65.9 cm³/mol. The molecule has 4 nitrogen and oxygen atoms in total. The van der Waals surface area contributed by atoms with Crippen molar-refractivity contribution < 1.29 is 9.53 Å². The Morgan fingerprint density at radius 3 is 2.65 bits per heavy atom. The maximum absolute atomic E-state index is 11.7. The maximum Gasteiger partial charge on any atom is 0.239 e. The molecular weight excluding hydrogens is 216 g/mol. The van der Waals surface area contributed by atoms with Gasteiger partial charge in [-0.3, -0.25) is 4.79 Å². The SMILES string of the molecule is COc1ccc(CNC2CCN(C)C2=O)cc1. The second-order valence-corrected chi connectivity index (χ2v) is 4.33. The van der Waals surface area contributed by atoms with Crippen LogP contribution in [0.5, 0.6) is 5.75 Å². The molecule has 92 valence electrons. The van der Waals surface area contributed by atoms with E-state index in [9.17, 15) is 4.79 Å². The zero-order valence-corrected chi connectivity index (χ0v) is 10.3. The summed E-state index contributed by atoms with van der Waals surface area (Å²) in [6.07, 6.45) is 0.894. The van der Waals surface area contributed by atoms with E-state index in [1.165, 1.54) is 0 Å². The first kappa shape index (κ1) is 11.9. The molecule has 0 bridgehead atoms. The maximum atomic E-state index is 11.7. The van der Waals surface area contributed by atoms with Gasteiger partial charge in [-0.25, -0.2) is 0 Å². The number of likely N-dealkylation sites (tertiary alicyclic amines) is 1. The van der Waals surface area contributed by atoms with Crippen molar-refractivity contribution in [2.75, 3.05) is 20.7 Å². The Balaban J connectivity index is 1.87. The summed E-state index contributed by atoms with van der Waals surface area (Å²) >= 11 is 0. The molecule has 1 aliphatic heterocycles. The second-order valence-electron chi connectivity index (χ2n) is 4.33. The molecule has 1 atom stereocenters. The van der Waals surface area contributed by atoms with Crippen molar-refractivity contribution in [3.05, 3.63) is 29.8 Å². The first-order chi connectivity index (χ1) is 8.20. The van der Waals surface area contributed by atoms with Crippen molar-refractivity contribution in [3.8, 4) is 5.75 Å². The monoisotopic (exact) mass is 234 g/mol. The number of carbonyl (C=O) groups excluding carboxylic acids is 1. The zero-order valence-electron chi connectivity index (χ0n) is 10.3. The molecule has 1 aromatic carbocycles. The van der Waals surface area contributed by atoms with Crippen LogP contribution < -0.4 is 10.1 Å². The highest BCUT2D eigenvalue weighted by atomic mass is 16.5. The molecule has 4 heteroatoms. The van der Waals surface area contributed by atoms with Gasteiger partial charge in [-0.15, -0.1) is 0 Å². The Morgan fingerprint density at radius 2 is 2.12 bits per heavy atom. The van der Waals surface area contributed by atoms with E-state index in [2.05, 4.69) is 5.32 Å². The lowest BCUT2D eigenvalue weighted by atomic mass is 10.2. The summed E-state index contributed by atoms with van der Waals surface area (Å²) in [6.45, 7) is 1.56. The van der Waals surface area contributed by atoms with Crippen molar-refractivity contribution in [3.63, 3.8) is 0 Å². The molecule has 0 aromatic heterocycles. The molecule has 1 fully saturated rings. The van der Waals surface area contributed by atoms with Gasteiger partial charge in [0.2, 0.25) is 5.91 Å². The van der Waals surface area contributed by atoms with Crippen LogP contribution in [-0.2, 0) is 11.3 Å². The van der Waals surface area contributed by atoms with Gasteiger partial charge in [-0.05, 0) is 24.1 Å². The van der Waals surface area contributed by atoms with Crippen molar-refractivity contribution in [1.29, 1.82) is 0 Å². The molecule has 1 amide bonds. The molecule has 0 radical (unpaired) electrons. The van der Waals surface area contributed by atoms with Gasteiger partial charge in [0.05, 0.1) is 13.2 Å². The van der Waals surface area contributed by atoms with Crippen LogP contribution in [0.15, 0.2) is 24.3 Å². The fourth-order valence-electron chi connectivity index (χ4n) is 2.00. The van der Waals surface area contributed by atoms with E-state index >= 15 is 0 Å². The number of rotatable bonds is 4. The highest BCUT2D eigenvalue weighted by Gasteiger charge is 2.28. The number of methoxy groups -OCH3 is 1. The van der Waals surface area contributed by atoms with Gasteiger partial charge in [-0.1, -0.05) is 12.1 Å². The summed E-state index contributed by atoms with van der Waals surface area (Å²) in [5, 5.41) is 3.28. The molecule has 1 unspecified atom stereocenters. The Bertz CT molecular complexity index is 389. The Kier molecular flexibility index (Phi) is 3.64. The number of carbonyl (C=O) groups is 1. The van der Waals surface area contributed by atoms with Crippen molar-refractivity contribution in [1.82, 2.24) is 10.2 Å². The van der Waals surface area contributed by atoms with Gasteiger partial charge in [0.15, 0.2) is 0 Å². The van der Waals surface area contributed by atoms with Crippen LogP contribution in [0.4, 0.5) is 0 Å². The van der Waals surface area contributed by atoms with Crippen LogP contribution in [0.3, 0.4) is 0 Å². The molecule has 0 spiro atoms. The number of benzene rings is 1. The van der Waals surface area contributed by atoms with Gasteiger partial charge in [0.1, 0.15) is 5.75 Å². The summed E-state index contributed by atoms with van der Waals surface area (Å²) < 4.78 is 5.10. The van der Waals surface area contributed by atoms with E-state index in [1.807, 2.05) is 31.3 Å². The smallest absolute Gasteiger partial charge is 0.239 e. The molecule has 1 heterocycles. The number of amides is 1. The first-order valence-electron chi connectivity index (χ1n) is 5.82. The summed E-state index contributed by atoms with van der Waals surface area (Å²) in [5.41, 5.74) is 1.16. The molecule has 1 aromatic rings. The summed E-state index contributed by atoms with van der Waals surface area (Å²) in [6, 6.07) is 7.85. The molecular formula is C13H18N2O2. The summed E-state index contributed by atoms with van der Waals surface area (Å²) in [4.78, 5) is 13.4. The van der Waals surface area contributed by atoms with Gasteiger partial charge in [0, 0.05) is 20.1 Å². The highest BCUT2D eigenvalue weighted by Crippen LogP contribution is 2.13. The normalized spacial score (nSPS) is 19.8. The second kappa shape index (κ2) is 5.19. The van der Waals surface area contributed by atoms with E-state index in [0.29, 0.717) is 6.54 Å². The summed E-state index contributed by atoms with van der Waals surface area (Å²) in [5.74, 6) is 1.05. The summed E-state index contributed by atoms with van der Waals surface area (Å²) in [7, 11) is 3.50. The van der Waals surface area contributed by atoms with Crippen molar-refractivity contribution >= 4 is 5.91 Å². The Morgan fingerprint density at radius 1 is 1.41 bits per heavy atom. The van der Waals surface area contributed by atoms with E-state index in [1.54, 1.807) is 12.0 Å². The van der Waals surface area contributed by atoms with Crippen molar-refractivity contribution in [2.45, 2.75) is 19.0 Å². The third-order valence-electron chi connectivity index (χ3n) is 3.14. The lowest BCUT2D eigenvalue weighted by molar-refractivity contribution is -0.128. The lowest BCUT2D eigenvalue weighted by Crippen LogP contribution is -2.36. The minimum absolute atomic E-state index is 0.0258. The average Bonchev–Trinajstić information content (AvgIpc) is 2.68. The van der Waals surface area contributed by atoms with Gasteiger partial charge < -0.3 is 15.0 Å². The first-order valence-corrected chi connectivity index (χ1v) is 5.82. The van der Waals surface area contributed by atoms with Gasteiger partial charge in [0.25, 0.3) is 0 Å². The van der Waals surface area contributed by atoms with Crippen LogP contribution in [0, 0.1) is 0 Å². The quantitative estimate of drug-likeness (QED) is 0.845. The van der Waals surface area contributed by atoms with Crippen LogP contribution in [-0.4, -0.2) is 37.6 Å². The van der Waals surface area contributed by atoms with Crippen LogP contribution in [0.2, 0.25) is 0 Å². The Hall–Kier alpha value is -1.55. The standard InChI is InChI=1S/C13H18N2O2/c1-15-8-7-12(13(15)16)14-9-10-3-5-11(17-2)6-4-10/h3-6,12,14H,7-9H2,1-2H3. The number of nitrogens with zero attached hydrogens (tertiary/aromatic N) is 1. The molecule has 1 N–H and O–H groups in total. The number of nitrogens with one attached hydrogen (secondary N) is 1. The average molecular weight is 234 g/mol.